The third-order valence-corrected chi connectivity index (χ3v) is 2.22. The molecule has 0 aliphatic carbocycles. The second-order valence-corrected chi connectivity index (χ2v) is 4.34. The van der Waals surface area contributed by atoms with E-state index in [0.717, 1.165) is 11.8 Å². The fourth-order valence-corrected chi connectivity index (χ4v) is 1.64. The van der Waals surface area contributed by atoms with Crippen LogP contribution in [0.2, 0.25) is 0 Å². The Kier molecular flexibility index (Phi) is 7.64. The fraction of sp³-hybridized carbons (Fsp3) is 0.917. The zero-order chi connectivity index (χ0) is 9.40. The van der Waals surface area contributed by atoms with Gasteiger partial charge >= 0.3 is 0 Å². The van der Waals surface area contributed by atoms with Gasteiger partial charge in [-0.1, -0.05) is 47.0 Å². The van der Waals surface area contributed by atoms with Crippen molar-refractivity contribution in [3.63, 3.8) is 0 Å². The molecule has 0 aromatic heterocycles. The average molecular weight is 169 g/mol. The molecule has 1 atom stereocenters. The summed E-state index contributed by atoms with van der Waals surface area (Å²) in [5, 5.41) is 0. The van der Waals surface area contributed by atoms with Crippen molar-refractivity contribution in [3.8, 4) is 0 Å². The molecule has 0 aliphatic rings. The molecular formula is C12H25. The maximum Gasteiger partial charge on any atom is -0.0357 e. The molecule has 0 spiro atoms. The van der Waals surface area contributed by atoms with Gasteiger partial charge in [-0.05, 0) is 31.1 Å². The van der Waals surface area contributed by atoms with Gasteiger partial charge in [0.1, 0.15) is 0 Å². The second kappa shape index (κ2) is 7.64. The normalized spacial score (nSPS) is 13.8. The van der Waals surface area contributed by atoms with E-state index in [2.05, 4.69) is 34.1 Å². The maximum atomic E-state index is 2.50. The largest absolute Gasteiger partial charge is 0.0654 e. The van der Waals surface area contributed by atoms with Crippen LogP contribution in [-0.4, -0.2) is 0 Å². The van der Waals surface area contributed by atoms with E-state index < -0.39 is 0 Å². The Morgan fingerprint density at radius 1 is 1.08 bits per heavy atom. The van der Waals surface area contributed by atoms with Gasteiger partial charge in [0.2, 0.25) is 0 Å². The summed E-state index contributed by atoms with van der Waals surface area (Å²) in [6.45, 7) is 9.20. The first kappa shape index (κ1) is 12.0. The van der Waals surface area contributed by atoms with E-state index >= 15 is 0 Å². The Morgan fingerprint density at radius 3 is 2.25 bits per heavy atom. The first-order valence-corrected chi connectivity index (χ1v) is 5.50. The molecule has 0 nitrogen and oxygen atoms in total. The van der Waals surface area contributed by atoms with Crippen molar-refractivity contribution >= 4 is 0 Å². The van der Waals surface area contributed by atoms with Crippen molar-refractivity contribution in [2.24, 2.45) is 11.8 Å². The first-order chi connectivity index (χ1) is 5.66. The predicted molar refractivity (Wildman–Crippen MR) is 57.1 cm³/mol. The van der Waals surface area contributed by atoms with Crippen LogP contribution >= 0.6 is 0 Å². The quantitative estimate of drug-likeness (QED) is 0.494. The number of hydrogen-bond acceptors (Lipinski definition) is 0. The molecule has 0 saturated carbocycles. The molecule has 0 saturated heterocycles. The third kappa shape index (κ3) is 8.10. The van der Waals surface area contributed by atoms with Crippen molar-refractivity contribution < 1.29 is 0 Å². The van der Waals surface area contributed by atoms with Crippen LogP contribution in [0.1, 0.15) is 59.8 Å². The van der Waals surface area contributed by atoms with E-state index in [-0.39, 0.29) is 0 Å². The summed E-state index contributed by atoms with van der Waals surface area (Å²) < 4.78 is 0. The van der Waals surface area contributed by atoms with Crippen LogP contribution < -0.4 is 0 Å². The van der Waals surface area contributed by atoms with Crippen LogP contribution in [0.3, 0.4) is 0 Å². The highest BCUT2D eigenvalue weighted by molar-refractivity contribution is 4.73. The van der Waals surface area contributed by atoms with Crippen molar-refractivity contribution in [1.82, 2.24) is 0 Å². The number of unbranched alkanes of at least 4 members (excludes halogenated alkanes) is 3. The second-order valence-electron chi connectivity index (χ2n) is 4.34. The summed E-state index contributed by atoms with van der Waals surface area (Å²) in [7, 11) is 0. The van der Waals surface area contributed by atoms with E-state index in [1.165, 1.54) is 32.1 Å². The molecular weight excluding hydrogens is 144 g/mol. The summed E-state index contributed by atoms with van der Waals surface area (Å²) >= 11 is 0. The molecule has 1 unspecified atom stereocenters. The third-order valence-electron chi connectivity index (χ3n) is 2.22. The van der Waals surface area contributed by atoms with Crippen molar-refractivity contribution in [3.05, 3.63) is 6.42 Å². The van der Waals surface area contributed by atoms with Crippen LogP contribution in [0.5, 0.6) is 0 Å². The van der Waals surface area contributed by atoms with Gasteiger partial charge in [-0.25, -0.2) is 0 Å². The molecule has 1 radical (unpaired) electrons. The smallest absolute Gasteiger partial charge is 0.0357 e. The minimum atomic E-state index is 0.821. The highest BCUT2D eigenvalue weighted by Crippen LogP contribution is 2.16. The van der Waals surface area contributed by atoms with Gasteiger partial charge in [0, 0.05) is 0 Å². The van der Waals surface area contributed by atoms with E-state index in [4.69, 9.17) is 0 Å². The van der Waals surface area contributed by atoms with Gasteiger partial charge < -0.3 is 0 Å². The standard InChI is InChI=1S/C12H25/c1-5-6-7-8-9-12(4)10-11(2)3/h9,11-12H,5-8,10H2,1-4H3. The summed E-state index contributed by atoms with van der Waals surface area (Å²) in [6, 6.07) is 0. The Bertz CT molecular complexity index is 84.0. The summed E-state index contributed by atoms with van der Waals surface area (Å²) in [5.41, 5.74) is 0. The van der Waals surface area contributed by atoms with E-state index in [1.807, 2.05) is 0 Å². The molecule has 0 N–H and O–H groups in total. The number of hydrogen-bond donors (Lipinski definition) is 0. The van der Waals surface area contributed by atoms with E-state index in [0.29, 0.717) is 0 Å². The Labute approximate surface area is 78.8 Å². The van der Waals surface area contributed by atoms with Gasteiger partial charge in [0.15, 0.2) is 0 Å². The average Bonchev–Trinajstić information content (AvgIpc) is 1.97. The molecule has 73 valence electrons. The topological polar surface area (TPSA) is 0 Å². The molecule has 0 aliphatic heterocycles. The van der Waals surface area contributed by atoms with Gasteiger partial charge in [0.25, 0.3) is 0 Å². The van der Waals surface area contributed by atoms with Crippen LogP contribution in [0.4, 0.5) is 0 Å². The lowest BCUT2D eigenvalue weighted by Crippen LogP contribution is -2.00. The molecule has 0 rings (SSSR count). The zero-order valence-electron chi connectivity index (χ0n) is 9.27. The predicted octanol–water partition coefficient (Wildman–Crippen LogP) is 4.45. The molecule has 0 bridgehead atoms. The minimum absolute atomic E-state index is 0.821. The first-order valence-electron chi connectivity index (χ1n) is 5.50. The maximum absolute atomic E-state index is 2.50. The monoisotopic (exact) mass is 169 g/mol. The Hall–Kier alpha value is 0. The van der Waals surface area contributed by atoms with Gasteiger partial charge in [0.05, 0.1) is 0 Å². The molecule has 0 aromatic carbocycles. The molecule has 0 amide bonds. The summed E-state index contributed by atoms with van der Waals surface area (Å²) in [6.07, 6.45) is 9.29. The Morgan fingerprint density at radius 2 is 1.75 bits per heavy atom. The summed E-state index contributed by atoms with van der Waals surface area (Å²) in [5.74, 6) is 1.67. The van der Waals surface area contributed by atoms with Crippen LogP contribution in [0, 0.1) is 18.3 Å². The summed E-state index contributed by atoms with van der Waals surface area (Å²) in [4.78, 5) is 0. The van der Waals surface area contributed by atoms with Crippen LogP contribution in [-0.2, 0) is 0 Å². The lowest BCUT2D eigenvalue weighted by atomic mass is 9.94. The molecule has 0 aromatic rings. The SMILES string of the molecule is CCCCC[CH]C(C)CC(C)C. The number of rotatable bonds is 7. The molecule has 0 heteroatoms. The van der Waals surface area contributed by atoms with Crippen molar-refractivity contribution in [2.45, 2.75) is 59.8 Å². The van der Waals surface area contributed by atoms with Crippen LogP contribution in [0.15, 0.2) is 0 Å². The lowest BCUT2D eigenvalue weighted by molar-refractivity contribution is 0.466. The lowest BCUT2D eigenvalue weighted by Gasteiger charge is -2.12. The van der Waals surface area contributed by atoms with Gasteiger partial charge in [-0.2, -0.15) is 0 Å². The highest BCUT2D eigenvalue weighted by Gasteiger charge is 2.04. The highest BCUT2D eigenvalue weighted by atomic mass is 14.1. The van der Waals surface area contributed by atoms with E-state index in [9.17, 15) is 0 Å². The van der Waals surface area contributed by atoms with E-state index in [1.54, 1.807) is 0 Å². The van der Waals surface area contributed by atoms with Crippen molar-refractivity contribution in [2.75, 3.05) is 0 Å². The molecule has 0 heterocycles. The van der Waals surface area contributed by atoms with Gasteiger partial charge in [-0.15, -0.1) is 0 Å². The fourth-order valence-electron chi connectivity index (χ4n) is 1.64. The van der Waals surface area contributed by atoms with Gasteiger partial charge in [-0.3, -0.25) is 0 Å². The molecule has 0 fully saturated rings. The zero-order valence-corrected chi connectivity index (χ0v) is 9.27. The Balaban J connectivity index is 3.14. The van der Waals surface area contributed by atoms with Crippen LogP contribution in [0.25, 0.3) is 0 Å². The minimum Gasteiger partial charge on any atom is -0.0654 e. The van der Waals surface area contributed by atoms with Crippen molar-refractivity contribution in [1.29, 1.82) is 0 Å². The molecule has 12 heavy (non-hydrogen) atoms.